The van der Waals surface area contributed by atoms with Gasteiger partial charge in [0.25, 0.3) is 5.69 Å². The number of nitro groups is 1. The van der Waals surface area contributed by atoms with Crippen LogP contribution in [0.2, 0.25) is 0 Å². The van der Waals surface area contributed by atoms with Crippen LogP contribution in [0.5, 0.6) is 5.75 Å². The van der Waals surface area contributed by atoms with E-state index >= 15 is 0 Å². The van der Waals surface area contributed by atoms with Crippen LogP contribution in [0.1, 0.15) is 58.6 Å². The fourth-order valence-electron chi connectivity index (χ4n) is 3.99. The summed E-state index contributed by atoms with van der Waals surface area (Å²) in [6, 6.07) is 6.72. The minimum absolute atomic E-state index is 0.0564. The number of carbonyl (C=O) groups is 5. The van der Waals surface area contributed by atoms with Gasteiger partial charge in [-0.05, 0) is 81.8 Å². The van der Waals surface area contributed by atoms with Crippen molar-refractivity contribution in [3.05, 3.63) is 70.6 Å². The molecule has 47 heavy (non-hydrogen) atoms. The lowest BCUT2D eigenvalue weighted by atomic mass is 10.0. The maximum Gasteiger partial charge on any atom is 0.514 e. The first-order valence-electron chi connectivity index (χ1n) is 14.6. The van der Waals surface area contributed by atoms with Crippen LogP contribution in [0.25, 0.3) is 0 Å². The molecule has 2 aromatic rings. The summed E-state index contributed by atoms with van der Waals surface area (Å²) < 4.78 is 15.4. The lowest BCUT2D eigenvalue weighted by molar-refractivity contribution is -0.384. The van der Waals surface area contributed by atoms with E-state index in [9.17, 15) is 34.1 Å². The number of ether oxygens (including phenoxy) is 3. The van der Waals surface area contributed by atoms with E-state index in [0.29, 0.717) is 23.2 Å². The van der Waals surface area contributed by atoms with Crippen molar-refractivity contribution >= 4 is 41.5 Å². The summed E-state index contributed by atoms with van der Waals surface area (Å²) in [6.45, 7) is 12.4. The maximum absolute atomic E-state index is 13.3. The molecular formula is C31H41N6O10. The topological polar surface area (TPSA) is 230 Å². The van der Waals surface area contributed by atoms with Crippen LogP contribution >= 0.6 is 0 Å². The lowest BCUT2D eigenvalue weighted by Gasteiger charge is -2.27. The van der Waals surface area contributed by atoms with Gasteiger partial charge in [-0.1, -0.05) is 19.9 Å². The van der Waals surface area contributed by atoms with E-state index in [2.05, 4.69) is 28.2 Å². The molecule has 255 valence electrons. The van der Waals surface area contributed by atoms with Gasteiger partial charge in [0, 0.05) is 24.4 Å². The molecule has 0 fully saturated rings. The maximum atomic E-state index is 13.3. The van der Waals surface area contributed by atoms with Crippen molar-refractivity contribution in [2.75, 3.05) is 11.9 Å². The van der Waals surface area contributed by atoms with Gasteiger partial charge in [0.05, 0.1) is 4.92 Å². The number of hydrogen-bond donors (Lipinski definition) is 5. The second kappa shape index (κ2) is 17.3. The average Bonchev–Trinajstić information content (AvgIpc) is 2.96. The number of rotatable bonds is 14. The van der Waals surface area contributed by atoms with Crippen LogP contribution in [0.15, 0.2) is 42.5 Å². The summed E-state index contributed by atoms with van der Waals surface area (Å²) in [5.41, 5.74) is 5.41. The van der Waals surface area contributed by atoms with Crippen LogP contribution in [-0.2, 0) is 25.7 Å². The molecule has 0 unspecified atom stereocenters. The summed E-state index contributed by atoms with van der Waals surface area (Å²) in [6.07, 6.45) is -1.42. The highest BCUT2D eigenvalue weighted by Crippen LogP contribution is 2.20. The molecule has 0 aliphatic heterocycles. The van der Waals surface area contributed by atoms with E-state index in [1.807, 2.05) is 0 Å². The van der Waals surface area contributed by atoms with Crippen molar-refractivity contribution in [1.29, 1.82) is 0 Å². The number of carbonyl (C=O) groups excluding carboxylic acids is 5. The Morgan fingerprint density at radius 2 is 1.66 bits per heavy atom. The van der Waals surface area contributed by atoms with Crippen molar-refractivity contribution in [3.63, 3.8) is 0 Å². The van der Waals surface area contributed by atoms with Crippen molar-refractivity contribution < 1.29 is 43.1 Å². The van der Waals surface area contributed by atoms with Crippen LogP contribution < -0.4 is 31.7 Å². The Bertz CT molecular complexity index is 1440. The number of anilines is 1. The number of urea groups is 1. The Hall–Kier alpha value is -5.41. The summed E-state index contributed by atoms with van der Waals surface area (Å²) in [4.78, 5) is 72.3. The first kappa shape index (κ1) is 37.8. The molecule has 16 nitrogen and oxygen atoms in total. The molecule has 0 saturated heterocycles. The molecule has 2 aromatic carbocycles. The smallest absolute Gasteiger partial charge is 0.444 e. The molecule has 0 aliphatic rings. The van der Waals surface area contributed by atoms with Crippen molar-refractivity contribution in [1.82, 2.24) is 16.0 Å². The predicted octanol–water partition coefficient (Wildman–Crippen LogP) is 3.91. The van der Waals surface area contributed by atoms with Gasteiger partial charge in [-0.3, -0.25) is 19.7 Å². The van der Waals surface area contributed by atoms with Gasteiger partial charge < -0.3 is 41.2 Å². The van der Waals surface area contributed by atoms with Crippen LogP contribution in [-0.4, -0.2) is 59.2 Å². The van der Waals surface area contributed by atoms with E-state index in [1.54, 1.807) is 46.8 Å². The molecule has 0 bridgehead atoms. The fourth-order valence-corrected chi connectivity index (χ4v) is 3.99. The molecule has 1 radical (unpaired) electrons. The normalized spacial score (nSPS) is 12.2. The number of non-ortho nitro benzene ring substituents is 1. The van der Waals surface area contributed by atoms with Gasteiger partial charge in [-0.25, -0.2) is 14.4 Å². The number of nitrogens with zero attached hydrogens (tertiary/aromatic N) is 1. The van der Waals surface area contributed by atoms with Crippen LogP contribution in [0.4, 0.5) is 25.8 Å². The van der Waals surface area contributed by atoms with E-state index in [-0.39, 0.29) is 36.9 Å². The minimum atomic E-state index is -1.07. The molecule has 0 heterocycles. The third-order valence-electron chi connectivity index (χ3n) is 6.29. The third-order valence-corrected chi connectivity index (χ3v) is 6.29. The standard InChI is InChI=1S/C31H41N6O10/c1-18(2)25(36-29(41)47-31(4,5)6)27(39)35-24(8-7-15-33-28(32)40)26(38)34-21-10-9-20(19(3)16-21)17-45-30(42)46-23-13-11-22(12-14-23)37(43)44/h9-14,16,18,24-25H,3,7-8,15,17H2,1-2,4-6H3,(H,34,38)(H,35,39)(H,36,41)(H3,32,33,40)/t24-,25-/m0/s1. The molecule has 0 aromatic heterocycles. The largest absolute Gasteiger partial charge is 0.514 e. The second-order valence-corrected chi connectivity index (χ2v) is 11.7. The SMILES string of the molecule is [CH2]c1cc(NC(=O)[C@H](CCCNC(N)=O)NC(=O)[C@@H](NC(=O)OC(C)(C)C)C(C)C)ccc1COC(=O)Oc1ccc([N+](=O)[O-])cc1. The number of nitro benzene ring substituents is 1. The van der Waals surface area contributed by atoms with E-state index in [4.69, 9.17) is 19.9 Å². The highest BCUT2D eigenvalue weighted by Gasteiger charge is 2.30. The molecular weight excluding hydrogens is 616 g/mol. The predicted molar refractivity (Wildman–Crippen MR) is 170 cm³/mol. The van der Waals surface area contributed by atoms with E-state index in [1.165, 1.54) is 30.3 Å². The zero-order valence-electron chi connectivity index (χ0n) is 26.9. The Balaban J connectivity index is 2.07. The molecule has 16 heteroatoms. The van der Waals surface area contributed by atoms with Crippen LogP contribution in [0, 0.1) is 23.0 Å². The molecule has 0 saturated carbocycles. The number of primary amides is 1. The van der Waals surface area contributed by atoms with Gasteiger partial charge in [-0.2, -0.15) is 0 Å². The highest BCUT2D eigenvalue weighted by molar-refractivity contribution is 5.98. The first-order chi connectivity index (χ1) is 21.9. The quantitative estimate of drug-likeness (QED) is 0.0646. The molecule has 2 atom stereocenters. The summed E-state index contributed by atoms with van der Waals surface area (Å²) >= 11 is 0. The van der Waals surface area contributed by atoms with Gasteiger partial charge in [0.1, 0.15) is 30.0 Å². The zero-order valence-corrected chi connectivity index (χ0v) is 26.9. The Labute approximate surface area is 272 Å². The minimum Gasteiger partial charge on any atom is -0.444 e. The number of amides is 5. The van der Waals surface area contributed by atoms with Crippen LogP contribution in [0.3, 0.4) is 0 Å². The Kier molecular flexibility index (Phi) is 13.9. The zero-order chi connectivity index (χ0) is 35.3. The molecule has 0 spiro atoms. The summed E-state index contributed by atoms with van der Waals surface area (Å²) in [5.74, 6) is -1.48. The number of hydrogen-bond acceptors (Lipinski definition) is 10. The Morgan fingerprint density at radius 1 is 1.00 bits per heavy atom. The summed E-state index contributed by atoms with van der Waals surface area (Å²) in [7, 11) is 0. The molecule has 6 N–H and O–H groups in total. The van der Waals surface area contributed by atoms with Gasteiger partial charge in [0.2, 0.25) is 11.8 Å². The van der Waals surface area contributed by atoms with Crippen molar-refractivity contribution in [2.24, 2.45) is 11.7 Å². The van der Waals surface area contributed by atoms with E-state index in [0.717, 1.165) is 0 Å². The second-order valence-electron chi connectivity index (χ2n) is 11.7. The van der Waals surface area contributed by atoms with Crippen molar-refractivity contribution in [2.45, 2.75) is 71.8 Å². The van der Waals surface area contributed by atoms with Gasteiger partial charge in [0.15, 0.2) is 0 Å². The Morgan fingerprint density at radius 3 is 2.21 bits per heavy atom. The van der Waals surface area contributed by atoms with E-state index < -0.39 is 52.7 Å². The summed E-state index contributed by atoms with van der Waals surface area (Å²) in [5, 5.41) is 21.1. The number of nitrogens with one attached hydrogen (secondary N) is 4. The molecule has 0 aliphatic carbocycles. The number of alkyl carbamates (subject to hydrolysis) is 1. The van der Waals surface area contributed by atoms with Gasteiger partial charge in [-0.15, -0.1) is 0 Å². The monoisotopic (exact) mass is 657 g/mol. The first-order valence-corrected chi connectivity index (χ1v) is 14.6. The van der Waals surface area contributed by atoms with Crippen molar-refractivity contribution in [3.8, 4) is 5.75 Å². The number of benzene rings is 2. The molecule has 5 amide bonds. The lowest BCUT2D eigenvalue weighted by Crippen LogP contribution is -2.55. The molecule has 2 rings (SSSR count). The number of nitrogens with two attached hydrogens (primary N) is 1. The highest BCUT2D eigenvalue weighted by atomic mass is 16.7. The van der Waals surface area contributed by atoms with Gasteiger partial charge >= 0.3 is 18.3 Å². The fraction of sp³-hybridized carbons (Fsp3) is 0.419. The third kappa shape index (κ3) is 13.6. The average molecular weight is 658 g/mol.